The van der Waals surface area contributed by atoms with Crippen LogP contribution in [0.4, 0.5) is 29.2 Å². The van der Waals surface area contributed by atoms with Gasteiger partial charge in [0.2, 0.25) is 17.5 Å². The summed E-state index contributed by atoms with van der Waals surface area (Å²) >= 11 is 0. The van der Waals surface area contributed by atoms with Crippen LogP contribution < -0.4 is 26.0 Å². The number of H-pyrrole nitrogens is 1. The first-order valence-electron chi connectivity index (χ1n) is 20.9. The highest BCUT2D eigenvalue weighted by atomic mass is 31.2. The number of aromatic amines is 1. The van der Waals surface area contributed by atoms with Crippen LogP contribution in [-0.2, 0) is 17.6 Å². The molecule has 1 aliphatic carbocycles. The van der Waals surface area contributed by atoms with E-state index in [1.807, 2.05) is 0 Å². The highest BCUT2D eigenvalue weighted by molar-refractivity contribution is 7.83. The molecule has 2 aromatic heterocycles. The number of imidazole rings is 1. The van der Waals surface area contributed by atoms with Crippen LogP contribution in [0.3, 0.4) is 0 Å². The van der Waals surface area contributed by atoms with Crippen LogP contribution in [0.2, 0.25) is 0 Å². The number of alkyl halides is 1. The second kappa shape index (κ2) is 16.1. The Morgan fingerprint density at radius 3 is 2.38 bits per heavy atom. The fraction of sp³-hybridized carbons (Fsp3) is 0.208. The predicted molar refractivity (Wildman–Crippen MR) is 237 cm³/mol. The van der Waals surface area contributed by atoms with E-state index in [1.54, 1.807) is 89.9 Å². The zero-order valence-electron chi connectivity index (χ0n) is 34.7. The molecule has 1 atom stereocenters. The molecule has 4 aliphatic rings. The van der Waals surface area contributed by atoms with E-state index >= 15 is 17.7 Å². The first kappa shape index (κ1) is 41.8. The summed E-state index contributed by atoms with van der Waals surface area (Å²) in [7, 11) is -3.92. The molecule has 0 amide bonds. The lowest BCUT2D eigenvalue weighted by Gasteiger charge is -2.39. The average molecular weight is 901 g/mol. The third kappa shape index (κ3) is 7.12. The minimum absolute atomic E-state index is 0.00685. The number of benzene rings is 4. The molecule has 6 aromatic rings. The van der Waals surface area contributed by atoms with Crippen molar-refractivity contribution < 1.29 is 46.1 Å². The van der Waals surface area contributed by atoms with Gasteiger partial charge in [-0.25, -0.2) is 31.9 Å². The van der Waals surface area contributed by atoms with Gasteiger partial charge in [0.1, 0.15) is 29.7 Å². The van der Waals surface area contributed by atoms with Crippen molar-refractivity contribution in [2.45, 2.75) is 32.5 Å². The van der Waals surface area contributed by atoms with Crippen LogP contribution in [0.5, 0.6) is 5.88 Å². The summed E-state index contributed by atoms with van der Waals surface area (Å²) in [6.07, 6.45) is 4.96. The van der Waals surface area contributed by atoms with Gasteiger partial charge in [0.25, 0.3) is 0 Å². The van der Waals surface area contributed by atoms with E-state index in [1.165, 1.54) is 12.4 Å². The topological polar surface area (TPSA) is 167 Å². The van der Waals surface area contributed by atoms with Crippen molar-refractivity contribution >= 4 is 63.6 Å². The molecule has 0 spiro atoms. The Balaban J connectivity index is 1.05. The summed E-state index contributed by atoms with van der Waals surface area (Å²) in [4.78, 5) is 43.9. The molecular weight excluding hydrogens is 862 g/mol. The Morgan fingerprint density at radius 2 is 1.68 bits per heavy atom. The largest absolute Gasteiger partial charge is 0.478 e. The summed E-state index contributed by atoms with van der Waals surface area (Å²) in [5.41, 5.74) is 5.82. The molecule has 5 heterocycles. The minimum Gasteiger partial charge on any atom is -0.478 e. The fourth-order valence-electron chi connectivity index (χ4n) is 8.99. The summed E-state index contributed by atoms with van der Waals surface area (Å²) in [5.74, 6) is -7.90. The van der Waals surface area contributed by atoms with Crippen LogP contribution in [0, 0.1) is 23.4 Å². The van der Waals surface area contributed by atoms with Crippen LogP contribution in [-0.4, -0.2) is 79.4 Å². The number of allylic oxidation sites excluding steroid dienone is 5. The van der Waals surface area contributed by atoms with Gasteiger partial charge in [-0.05, 0) is 46.9 Å². The lowest BCUT2D eigenvalue weighted by molar-refractivity contribution is -0.601. The Morgan fingerprint density at radius 1 is 0.954 bits per heavy atom. The maximum Gasteiger partial charge on any atom is 0.339 e. The monoisotopic (exact) mass is 900 g/mol. The summed E-state index contributed by atoms with van der Waals surface area (Å²) in [5, 5.41) is 11.3. The van der Waals surface area contributed by atoms with Crippen molar-refractivity contribution in [3.8, 4) is 5.88 Å². The van der Waals surface area contributed by atoms with Gasteiger partial charge in [0.05, 0.1) is 30.9 Å². The quantitative estimate of drug-likeness (QED) is 0.0395. The molecule has 328 valence electrons. The van der Waals surface area contributed by atoms with Crippen molar-refractivity contribution in [2.75, 3.05) is 36.8 Å². The van der Waals surface area contributed by atoms with E-state index in [0.29, 0.717) is 52.4 Å². The third-order valence-corrected chi connectivity index (χ3v) is 15.4. The number of anilines is 2. The molecule has 2 saturated heterocycles. The normalized spacial score (nSPS) is 19.1. The minimum atomic E-state index is -3.92. The lowest BCUT2D eigenvalue weighted by Crippen LogP contribution is -2.48. The van der Waals surface area contributed by atoms with Gasteiger partial charge in [-0.1, -0.05) is 67.6 Å². The number of fused-ring (bicyclic) bond motifs is 3. The van der Waals surface area contributed by atoms with Crippen LogP contribution in [0.15, 0.2) is 108 Å². The Bertz CT molecular complexity index is 3170. The number of aryl methyl sites for hydroxylation is 1. The maximum atomic E-state index is 17.5. The van der Waals surface area contributed by atoms with Gasteiger partial charge < -0.3 is 30.0 Å². The maximum absolute atomic E-state index is 17.5. The number of hydrogen-bond donors (Lipinski definition) is 3. The molecule has 4 aromatic carbocycles. The van der Waals surface area contributed by atoms with Crippen molar-refractivity contribution in [1.29, 1.82) is 0 Å². The highest BCUT2D eigenvalue weighted by Crippen LogP contribution is 2.62. The number of ketones is 1. The van der Waals surface area contributed by atoms with E-state index in [2.05, 4.69) is 31.4 Å². The van der Waals surface area contributed by atoms with E-state index in [9.17, 15) is 19.1 Å². The number of carboxylic acids is 1. The zero-order chi connectivity index (χ0) is 45.3. The van der Waals surface area contributed by atoms with Gasteiger partial charge in [0, 0.05) is 51.3 Å². The third-order valence-electron chi connectivity index (χ3n) is 12.3. The summed E-state index contributed by atoms with van der Waals surface area (Å²) < 4.78 is 88.4. The Labute approximate surface area is 368 Å². The number of carboxylic acid groups (broad SMARTS) is 1. The molecule has 2 fully saturated rings. The van der Waals surface area contributed by atoms with Crippen molar-refractivity contribution in [1.82, 2.24) is 19.9 Å². The number of ether oxygens (including phenoxy) is 1. The van der Waals surface area contributed by atoms with Gasteiger partial charge in [-0.15, -0.1) is 0 Å². The smallest absolute Gasteiger partial charge is 0.339 e. The van der Waals surface area contributed by atoms with Crippen molar-refractivity contribution in [2.24, 2.45) is 5.92 Å². The molecule has 4 N–H and O–H groups in total. The number of nitrogens with one attached hydrogen (secondary N) is 1. The number of rotatable bonds is 11. The fourth-order valence-corrected chi connectivity index (χ4v) is 12.1. The number of nitrogen functional groups attached to an aromatic ring is 1. The van der Waals surface area contributed by atoms with Crippen LogP contribution in [0.25, 0.3) is 16.7 Å². The second-order valence-corrected chi connectivity index (χ2v) is 19.3. The highest BCUT2D eigenvalue weighted by Gasteiger charge is 2.46. The molecule has 3 aliphatic heterocycles. The molecule has 12 nitrogen and oxygen atoms in total. The number of aromatic nitrogens is 4. The Kier molecular flexibility index (Phi) is 10.4. The second-order valence-electron chi connectivity index (χ2n) is 16.6. The predicted octanol–water partition coefficient (Wildman–Crippen LogP) is 7.29. The number of carbonyl (C=O) groups is 2. The van der Waals surface area contributed by atoms with Gasteiger partial charge in [0.15, 0.2) is 43.3 Å². The molecule has 1 unspecified atom stereocenters. The summed E-state index contributed by atoms with van der Waals surface area (Å²) in [6.45, 7) is 3.77. The number of hydrogen-bond acceptors (Lipinski definition) is 9. The number of aromatic carboxylic acids is 1. The van der Waals surface area contributed by atoms with Crippen LogP contribution >= 0.6 is 7.14 Å². The number of nitrogens with two attached hydrogens (primary N) is 1. The van der Waals surface area contributed by atoms with Gasteiger partial charge >= 0.3 is 5.97 Å². The lowest BCUT2D eigenvalue weighted by atomic mass is 9.84. The van der Waals surface area contributed by atoms with Crippen molar-refractivity contribution in [3.63, 3.8) is 0 Å². The SMILES string of the molecule is CC1C[N+](=C2C=CC3=C(c4c(F)c(C(=O)CCc5ccc(COc6nc(N)nc7nc[nH]c67)cc5)c(F)c(F)c4C(=O)O)c4ccc(N5CC(F)C5)cc4P(=O)(c4ccccc4)C3=C2)C1. The van der Waals surface area contributed by atoms with Crippen LogP contribution in [0.1, 0.15) is 56.3 Å². The molecule has 65 heavy (non-hydrogen) atoms. The average Bonchev–Trinajstić information content (AvgIpc) is 3.76. The standard InChI is InChI=1S/C48H38F4N7O5P/c1-25-19-58(20-25)29-12-14-32-35(17-29)65(63,31-5-3-2-4-6-31)36-18-30(59-21-28(49)22-59)13-15-33(36)37(32)39-40(47(61)62)43(52)42(51)38(41(39)50)34(60)16-11-26-7-9-27(10-8-26)23-64-46-44-45(55-24-54-44)56-48(53)57-46/h2-10,12-15,17-18,24-25,28,53H,11,16,19-23H2,1H3,(H2,61,62,63)/p+1. The summed E-state index contributed by atoms with van der Waals surface area (Å²) in [6, 6.07) is 20.3. The molecular formula is C48H39F4N7O5P+. The number of carbonyl (C=O) groups excluding carboxylic acids is 1. The first-order valence-corrected chi connectivity index (χ1v) is 22.6. The van der Waals surface area contributed by atoms with E-state index in [4.69, 9.17) is 10.5 Å². The van der Waals surface area contributed by atoms with Crippen molar-refractivity contribution in [3.05, 3.63) is 159 Å². The molecule has 10 rings (SSSR count). The van der Waals surface area contributed by atoms with E-state index in [0.717, 1.165) is 5.56 Å². The zero-order valence-corrected chi connectivity index (χ0v) is 35.6. The Hall–Kier alpha value is -7.19. The van der Waals surface area contributed by atoms with Gasteiger partial charge in [-0.2, -0.15) is 9.97 Å². The number of Topliss-reactive ketones (excluding diaryl/α,β-unsaturated/α-hetero) is 1. The first-order chi connectivity index (χ1) is 31.3. The molecule has 17 heteroatoms. The number of halogens is 4. The van der Waals surface area contributed by atoms with E-state index < -0.39 is 65.6 Å². The molecule has 0 saturated carbocycles. The number of nitrogens with zero attached hydrogens (tertiary/aromatic N) is 5. The molecule has 0 bridgehead atoms. The molecule has 0 radical (unpaired) electrons. The van der Waals surface area contributed by atoms with Gasteiger partial charge in [-0.3, -0.25) is 4.79 Å². The van der Waals surface area contributed by atoms with E-state index in [-0.39, 0.29) is 65.3 Å².